The highest BCUT2D eigenvalue weighted by atomic mass is 16.7. The van der Waals surface area contributed by atoms with Gasteiger partial charge in [-0.25, -0.2) is 0 Å². The van der Waals surface area contributed by atoms with Crippen LogP contribution in [0, 0.1) is 0 Å². The molecule has 482 valence electrons. The minimum absolute atomic E-state index is 0.185. The van der Waals surface area contributed by atoms with Crippen molar-refractivity contribution in [3.63, 3.8) is 0 Å². The molecule has 9 heteroatoms. The van der Waals surface area contributed by atoms with Crippen molar-refractivity contribution in [2.45, 2.75) is 397 Å². The van der Waals surface area contributed by atoms with Crippen molar-refractivity contribution in [1.82, 2.24) is 5.32 Å². The molecule has 6 N–H and O–H groups in total. The normalized spacial score (nSPS) is 18.5. The Morgan fingerprint density at radius 1 is 0.402 bits per heavy atom. The Balaban J connectivity index is 2.15. The smallest absolute Gasteiger partial charge is 0.220 e. The van der Waals surface area contributed by atoms with E-state index in [0.29, 0.717) is 6.42 Å². The SMILES string of the molecule is CCCCCCCCCC/C=C\CCCCCCCCCCCCCCCCCCCCCC(=O)NC(COC1OC(CO)C(O)C(O)C1O)C(O)/C=C/CC/C=C/CC/C=C/CCCCCCCCCCCCCCCCCCCC. The summed E-state index contributed by atoms with van der Waals surface area (Å²) < 4.78 is 11.3. The van der Waals surface area contributed by atoms with E-state index in [0.717, 1.165) is 44.9 Å². The molecule has 7 atom stereocenters. The predicted molar refractivity (Wildman–Crippen MR) is 350 cm³/mol. The van der Waals surface area contributed by atoms with E-state index < -0.39 is 49.5 Å². The van der Waals surface area contributed by atoms with Crippen LogP contribution in [0.15, 0.2) is 48.6 Å². The minimum Gasteiger partial charge on any atom is -0.394 e. The van der Waals surface area contributed by atoms with Crippen molar-refractivity contribution in [3.8, 4) is 0 Å². The molecule has 0 saturated carbocycles. The number of aliphatic hydroxyl groups excluding tert-OH is 5. The molecule has 1 aliphatic heterocycles. The lowest BCUT2D eigenvalue weighted by Crippen LogP contribution is -2.60. The summed E-state index contributed by atoms with van der Waals surface area (Å²) in [6.07, 6.45) is 78.0. The minimum atomic E-state index is -1.58. The first-order valence-electron chi connectivity index (χ1n) is 35.9. The van der Waals surface area contributed by atoms with Crippen LogP contribution in [0.5, 0.6) is 0 Å². The molecule has 1 rings (SSSR count). The van der Waals surface area contributed by atoms with E-state index >= 15 is 0 Å². The molecule has 9 nitrogen and oxygen atoms in total. The molecule has 1 saturated heterocycles. The monoisotopic (exact) mass is 1160 g/mol. The van der Waals surface area contributed by atoms with Gasteiger partial charge in [0.1, 0.15) is 24.4 Å². The Bertz CT molecular complexity index is 1430. The number of ether oxygens (including phenoxy) is 2. The van der Waals surface area contributed by atoms with Crippen LogP contribution in [0.4, 0.5) is 0 Å². The predicted octanol–water partition coefficient (Wildman–Crippen LogP) is 19.6. The Kier molecular flexibility index (Phi) is 59.3. The first-order chi connectivity index (χ1) is 40.3. The standard InChI is InChI=1S/C73H137NO8/c1-3-5-7-9-11-13-15-17-19-21-23-25-27-29-31-33-34-35-37-39-41-43-45-47-49-51-53-55-57-59-61-63-69(77)74-66(65-81-73-72(80)71(79)70(78)68(64-75)82-73)67(76)62-60-58-56-54-52-50-48-46-44-42-40-38-36-32-30-28-26-24-22-20-18-16-14-12-10-8-6-4-2/h21,23,44,46,52,54,60,62,66-68,70-73,75-76,78-80H,3-20,22,24-43,45,47-51,53,55-59,61,63-65H2,1-2H3,(H,74,77)/b23-21-,46-44+,54-52+,62-60+. The molecule has 0 aromatic rings. The molecule has 0 aliphatic carbocycles. The van der Waals surface area contributed by atoms with E-state index in [1.807, 2.05) is 6.08 Å². The van der Waals surface area contributed by atoms with Gasteiger partial charge >= 0.3 is 0 Å². The second-order valence-corrected chi connectivity index (χ2v) is 25.0. The zero-order valence-electron chi connectivity index (χ0n) is 54.0. The summed E-state index contributed by atoms with van der Waals surface area (Å²) in [5, 5.41) is 54.7. The van der Waals surface area contributed by atoms with Gasteiger partial charge < -0.3 is 40.3 Å². The summed E-state index contributed by atoms with van der Waals surface area (Å²) in [5.41, 5.74) is 0. The number of carbonyl (C=O) groups is 1. The van der Waals surface area contributed by atoms with Crippen LogP contribution >= 0.6 is 0 Å². The number of hydrogen-bond donors (Lipinski definition) is 6. The summed E-state index contributed by atoms with van der Waals surface area (Å²) in [5.74, 6) is -0.185. The molecule has 0 aromatic heterocycles. The van der Waals surface area contributed by atoms with Crippen molar-refractivity contribution in [2.24, 2.45) is 0 Å². The van der Waals surface area contributed by atoms with Gasteiger partial charge in [0.2, 0.25) is 5.91 Å². The third kappa shape index (κ3) is 50.3. The fourth-order valence-electron chi connectivity index (χ4n) is 11.5. The topological polar surface area (TPSA) is 149 Å². The highest BCUT2D eigenvalue weighted by Crippen LogP contribution is 2.23. The third-order valence-corrected chi connectivity index (χ3v) is 17.1. The molecular formula is C73H137NO8. The van der Waals surface area contributed by atoms with Gasteiger partial charge in [0.15, 0.2) is 6.29 Å². The van der Waals surface area contributed by atoms with Gasteiger partial charge in [-0.15, -0.1) is 0 Å². The zero-order valence-corrected chi connectivity index (χ0v) is 54.0. The van der Waals surface area contributed by atoms with Crippen molar-refractivity contribution in [3.05, 3.63) is 48.6 Å². The van der Waals surface area contributed by atoms with Crippen LogP contribution in [-0.4, -0.2) is 87.5 Å². The summed E-state index contributed by atoms with van der Waals surface area (Å²) in [7, 11) is 0. The maximum atomic E-state index is 13.1. The fraction of sp³-hybridized carbons (Fsp3) is 0.877. The van der Waals surface area contributed by atoms with E-state index in [1.165, 1.54) is 289 Å². The molecule has 7 unspecified atom stereocenters. The summed E-state index contributed by atoms with van der Waals surface area (Å²) in [6, 6.07) is -0.830. The number of allylic oxidation sites excluding steroid dienone is 7. The number of hydrogen-bond acceptors (Lipinski definition) is 8. The number of unbranched alkanes of at least 4 members (excludes halogenated alkanes) is 47. The fourth-order valence-corrected chi connectivity index (χ4v) is 11.5. The highest BCUT2D eigenvalue weighted by Gasteiger charge is 2.44. The molecule has 1 amide bonds. The van der Waals surface area contributed by atoms with E-state index in [2.05, 4.69) is 55.6 Å². The summed E-state index contributed by atoms with van der Waals surface area (Å²) >= 11 is 0. The summed E-state index contributed by atoms with van der Waals surface area (Å²) in [6.45, 7) is 3.81. The molecule has 1 fully saturated rings. The average Bonchev–Trinajstić information content (AvgIpc) is 3.52. The lowest BCUT2D eigenvalue weighted by molar-refractivity contribution is -0.302. The van der Waals surface area contributed by atoms with Crippen molar-refractivity contribution in [1.29, 1.82) is 0 Å². The second-order valence-electron chi connectivity index (χ2n) is 25.0. The van der Waals surface area contributed by atoms with Crippen molar-refractivity contribution >= 4 is 5.91 Å². The van der Waals surface area contributed by atoms with Gasteiger partial charge in [-0.1, -0.05) is 326 Å². The van der Waals surface area contributed by atoms with Gasteiger partial charge in [-0.2, -0.15) is 0 Å². The van der Waals surface area contributed by atoms with Crippen LogP contribution in [0.25, 0.3) is 0 Å². The lowest BCUT2D eigenvalue weighted by Gasteiger charge is -2.40. The van der Waals surface area contributed by atoms with Gasteiger partial charge in [-0.3, -0.25) is 4.79 Å². The quantitative estimate of drug-likeness (QED) is 0.0261. The molecule has 0 spiro atoms. The Morgan fingerprint density at radius 2 is 0.695 bits per heavy atom. The van der Waals surface area contributed by atoms with Gasteiger partial charge in [0.05, 0.1) is 25.4 Å². The first kappa shape index (κ1) is 78.2. The van der Waals surface area contributed by atoms with E-state index in [1.54, 1.807) is 6.08 Å². The Labute approximate surface area is 507 Å². The zero-order chi connectivity index (χ0) is 59.3. The number of amides is 1. The first-order valence-corrected chi connectivity index (χ1v) is 35.9. The van der Waals surface area contributed by atoms with E-state index in [4.69, 9.17) is 9.47 Å². The van der Waals surface area contributed by atoms with Crippen molar-refractivity contribution in [2.75, 3.05) is 13.2 Å². The van der Waals surface area contributed by atoms with E-state index in [9.17, 15) is 30.3 Å². The van der Waals surface area contributed by atoms with Crippen LogP contribution < -0.4 is 5.32 Å². The molecule has 0 radical (unpaired) electrons. The van der Waals surface area contributed by atoms with Crippen LogP contribution in [0.1, 0.15) is 354 Å². The van der Waals surface area contributed by atoms with Crippen molar-refractivity contribution < 1.29 is 39.8 Å². The third-order valence-electron chi connectivity index (χ3n) is 17.1. The second kappa shape index (κ2) is 62.2. The van der Waals surface area contributed by atoms with Crippen LogP contribution in [-0.2, 0) is 14.3 Å². The van der Waals surface area contributed by atoms with Gasteiger partial charge in [0, 0.05) is 6.42 Å². The lowest BCUT2D eigenvalue weighted by atomic mass is 9.99. The van der Waals surface area contributed by atoms with Crippen LogP contribution in [0.2, 0.25) is 0 Å². The average molecular weight is 1160 g/mol. The van der Waals surface area contributed by atoms with E-state index in [-0.39, 0.29) is 12.5 Å². The summed E-state index contributed by atoms with van der Waals surface area (Å²) in [4.78, 5) is 13.1. The van der Waals surface area contributed by atoms with Gasteiger partial charge in [0.25, 0.3) is 0 Å². The van der Waals surface area contributed by atoms with Gasteiger partial charge in [-0.05, 0) is 70.6 Å². The largest absolute Gasteiger partial charge is 0.394 e. The highest BCUT2D eigenvalue weighted by molar-refractivity contribution is 5.76. The number of carbonyl (C=O) groups excluding carboxylic acids is 1. The molecule has 0 aromatic carbocycles. The molecule has 1 heterocycles. The number of nitrogens with one attached hydrogen (secondary N) is 1. The maximum absolute atomic E-state index is 13.1. The molecule has 82 heavy (non-hydrogen) atoms. The molecular weight excluding hydrogens is 1020 g/mol. The molecule has 0 bridgehead atoms. The number of aliphatic hydroxyl groups is 5. The maximum Gasteiger partial charge on any atom is 0.220 e. The van der Waals surface area contributed by atoms with Crippen LogP contribution in [0.3, 0.4) is 0 Å². The Morgan fingerprint density at radius 3 is 1.02 bits per heavy atom. The molecule has 1 aliphatic rings. The number of rotatable bonds is 63. The Hall–Kier alpha value is -1.85.